The molecule has 2 saturated heterocycles. The maximum absolute atomic E-state index is 13.5. The molecule has 2 aliphatic rings. The summed E-state index contributed by atoms with van der Waals surface area (Å²) in [7, 11) is 0. The van der Waals surface area contributed by atoms with E-state index >= 15 is 0 Å². The van der Waals surface area contributed by atoms with Crippen LogP contribution in [0.15, 0.2) is 97.1 Å². The van der Waals surface area contributed by atoms with Gasteiger partial charge in [0.05, 0.1) is 25.3 Å². The Balaban J connectivity index is 1.14. The number of thioether (sulfide) groups is 1. The van der Waals surface area contributed by atoms with E-state index in [0.29, 0.717) is 11.8 Å². The third-order valence-corrected chi connectivity index (χ3v) is 10.8. The minimum absolute atomic E-state index is 0.0697. The average Bonchev–Trinajstić information content (AvgIpc) is 3.21. The van der Waals surface area contributed by atoms with Gasteiger partial charge in [-0.3, -0.25) is 9.59 Å². The quantitative estimate of drug-likeness (QED) is 0.0844. The number of ether oxygens (including phenoxy) is 4. The van der Waals surface area contributed by atoms with Crippen molar-refractivity contribution in [2.24, 2.45) is 0 Å². The standard InChI is InChI=1S/C40H44N2O14S/c43-17-29-33(47)31(41-37(51)23-11-25(45)15-27(13-23)53-19-21-7-3-1-4-8-21)35(49)39(55-29)57-40-36(50)32(34(48)30(18-44)56-40)42-38(52)24-12-26(46)16-28(14-24)54-20-22-9-5-2-6-10-22/h1-16,29-36,39-40,43-50H,17-20H2,(H,41,51)(H,42,52)/t29-,30-,31-,32-,33+,34+,35-,36-,39+,40+/m1/s1. The molecule has 2 heterocycles. The van der Waals surface area contributed by atoms with Gasteiger partial charge in [0, 0.05) is 23.3 Å². The summed E-state index contributed by atoms with van der Waals surface area (Å²) in [5.74, 6) is -1.86. The van der Waals surface area contributed by atoms with Crippen LogP contribution >= 0.6 is 11.8 Å². The van der Waals surface area contributed by atoms with E-state index in [1.54, 1.807) is 0 Å². The van der Waals surface area contributed by atoms with Crippen LogP contribution in [0.1, 0.15) is 31.8 Å². The first-order chi connectivity index (χ1) is 27.4. The number of carbonyl (C=O) groups is 2. The molecule has 0 radical (unpaired) electrons. The second-order valence-corrected chi connectivity index (χ2v) is 14.7. The normalized spacial score (nSPS) is 27.3. The van der Waals surface area contributed by atoms with Gasteiger partial charge in [0.2, 0.25) is 0 Å². The lowest BCUT2D eigenvalue weighted by Gasteiger charge is -2.46. The van der Waals surface area contributed by atoms with E-state index in [-0.39, 0.29) is 47.3 Å². The number of amides is 2. The molecule has 0 spiro atoms. The van der Waals surface area contributed by atoms with Crippen LogP contribution in [0.25, 0.3) is 0 Å². The topological polar surface area (TPSA) is 257 Å². The molecular weight excluding hydrogens is 765 g/mol. The van der Waals surface area contributed by atoms with Crippen LogP contribution in [0.5, 0.6) is 23.0 Å². The first kappa shape index (κ1) is 41.7. The molecule has 16 nitrogen and oxygen atoms in total. The number of aliphatic hydroxyl groups is 6. The smallest absolute Gasteiger partial charge is 0.251 e. The number of hydrogen-bond donors (Lipinski definition) is 10. The van der Waals surface area contributed by atoms with E-state index < -0.39 is 84.6 Å². The highest BCUT2D eigenvalue weighted by Gasteiger charge is 2.50. The first-order valence-corrected chi connectivity index (χ1v) is 18.9. The number of carbonyl (C=O) groups excluding carboxylic acids is 2. The van der Waals surface area contributed by atoms with Crippen molar-refractivity contribution in [2.75, 3.05) is 13.2 Å². The third-order valence-electron chi connectivity index (χ3n) is 9.44. The Labute approximate surface area is 331 Å². The number of benzene rings is 4. The van der Waals surface area contributed by atoms with Crippen LogP contribution in [0.4, 0.5) is 0 Å². The average molecular weight is 809 g/mol. The van der Waals surface area contributed by atoms with Crippen LogP contribution in [0.2, 0.25) is 0 Å². The van der Waals surface area contributed by atoms with Gasteiger partial charge in [-0.2, -0.15) is 0 Å². The first-order valence-electron chi connectivity index (χ1n) is 18.0. The molecule has 6 rings (SSSR count). The van der Waals surface area contributed by atoms with Crippen molar-refractivity contribution < 1.29 is 69.4 Å². The van der Waals surface area contributed by atoms with Gasteiger partial charge in [-0.15, -0.1) is 0 Å². The molecule has 2 aliphatic heterocycles. The molecule has 4 aromatic carbocycles. The predicted octanol–water partition coefficient (Wildman–Crippen LogP) is 0.764. The summed E-state index contributed by atoms with van der Waals surface area (Å²) >= 11 is 0.661. The van der Waals surface area contributed by atoms with E-state index in [4.69, 9.17) is 18.9 Å². The highest BCUT2D eigenvalue weighted by Crippen LogP contribution is 2.37. The maximum Gasteiger partial charge on any atom is 0.251 e. The van der Waals surface area contributed by atoms with Crippen molar-refractivity contribution in [3.05, 3.63) is 119 Å². The molecule has 0 bridgehead atoms. The van der Waals surface area contributed by atoms with Gasteiger partial charge in [0.15, 0.2) is 0 Å². The second kappa shape index (κ2) is 19.0. The van der Waals surface area contributed by atoms with Crippen molar-refractivity contribution in [2.45, 2.75) is 72.8 Å². The summed E-state index contributed by atoms with van der Waals surface area (Å²) in [5, 5.41) is 90.7. The van der Waals surface area contributed by atoms with E-state index in [0.717, 1.165) is 23.3 Å². The molecule has 2 fully saturated rings. The Morgan fingerprint density at radius 3 is 1.33 bits per heavy atom. The summed E-state index contributed by atoms with van der Waals surface area (Å²) in [4.78, 5) is 26.9. The van der Waals surface area contributed by atoms with Crippen molar-refractivity contribution in [3.8, 4) is 23.0 Å². The molecule has 10 N–H and O–H groups in total. The van der Waals surface area contributed by atoms with Crippen LogP contribution in [-0.2, 0) is 22.7 Å². The second-order valence-electron chi connectivity index (χ2n) is 13.5. The molecule has 57 heavy (non-hydrogen) atoms. The number of aromatic hydroxyl groups is 2. The zero-order chi connectivity index (χ0) is 40.6. The fourth-order valence-electron chi connectivity index (χ4n) is 6.42. The fraction of sp³-hybridized carbons (Fsp3) is 0.350. The zero-order valence-corrected chi connectivity index (χ0v) is 31.1. The van der Waals surface area contributed by atoms with Crippen molar-refractivity contribution in [1.82, 2.24) is 10.6 Å². The lowest BCUT2D eigenvalue weighted by atomic mass is 9.96. The summed E-state index contributed by atoms with van der Waals surface area (Å²) < 4.78 is 23.0. The number of phenolic OH excluding ortho intramolecular Hbond substituents is 2. The van der Waals surface area contributed by atoms with E-state index in [2.05, 4.69) is 10.6 Å². The molecule has 0 unspecified atom stereocenters. The van der Waals surface area contributed by atoms with Crippen molar-refractivity contribution in [3.63, 3.8) is 0 Å². The van der Waals surface area contributed by atoms with Crippen molar-refractivity contribution >= 4 is 23.6 Å². The van der Waals surface area contributed by atoms with Gasteiger partial charge in [0.25, 0.3) is 11.8 Å². The van der Waals surface area contributed by atoms with Crippen molar-refractivity contribution in [1.29, 1.82) is 0 Å². The van der Waals surface area contributed by atoms with Crippen LogP contribution in [-0.4, -0.2) is 125 Å². The molecule has 304 valence electrons. The lowest BCUT2D eigenvalue weighted by Crippen LogP contribution is -2.66. The zero-order valence-electron chi connectivity index (χ0n) is 30.3. The number of phenols is 2. The Morgan fingerprint density at radius 2 is 0.965 bits per heavy atom. The number of aliphatic hydroxyl groups excluding tert-OH is 6. The Kier molecular flexibility index (Phi) is 13.9. The third kappa shape index (κ3) is 10.3. The van der Waals surface area contributed by atoms with E-state index in [1.165, 1.54) is 24.3 Å². The SMILES string of the molecule is O=C(N[C@@H]1[C@@H](O)[C@@H](CO)O[C@@H](S[C@@H]2O[C@H](CO)[C@H](O)[C@@H](NC(=O)c3cc(O)cc(OCc4ccccc4)c3)[C@H]2O)[C@@H]1O)c1cc(O)cc(OCc2ccccc2)c1. The van der Waals surface area contributed by atoms with E-state index in [9.17, 15) is 50.4 Å². The monoisotopic (exact) mass is 808 g/mol. The highest BCUT2D eigenvalue weighted by molar-refractivity contribution is 8.00. The molecule has 4 aromatic rings. The van der Waals surface area contributed by atoms with Gasteiger partial charge in [-0.05, 0) is 35.4 Å². The van der Waals surface area contributed by atoms with Crippen LogP contribution in [0.3, 0.4) is 0 Å². The van der Waals surface area contributed by atoms with Crippen LogP contribution < -0.4 is 20.1 Å². The minimum Gasteiger partial charge on any atom is -0.508 e. The summed E-state index contributed by atoms with van der Waals surface area (Å²) in [6.45, 7) is -1.19. The largest absolute Gasteiger partial charge is 0.508 e. The molecular formula is C40H44N2O14S. The fourth-order valence-corrected chi connectivity index (χ4v) is 7.76. The van der Waals surface area contributed by atoms with Gasteiger partial charge in [-0.25, -0.2) is 0 Å². The Bertz CT molecular complexity index is 1820. The number of hydrogen-bond acceptors (Lipinski definition) is 15. The number of nitrogens with one attached hydrogen (secondary N) is 2. The van der Waals surface area contributed by atoms with Gasteiger partial charge in [0.1, 0.15) is 83.7 Å². The summed E-state index contributed by atoms with van der Waals surface area (Å²) in [5.41, 5.74) is -1.25. The minimum atomic E-state index is -1.70. The van der Waals surface area contributed by atoms with E-state index in [1.807, 2.05) is 60.7 Å². The lowest BCUT2D eigenvalue weighted by molar-refractivity contribution is -0.175. The Hall–Kier alpha value is -4.95. The van der Waals surface area contributed by atoms with Gasteiger partial charge < -0.3 is 70.4 Å². The molecule has 2 amide bonds. The number of rotatable bonds is 14. The molecule has 17 heteroatoms. The summed E-state index contributed by atoms with van der Waals surface area (Å²) in [6, 6.07) is 23.1. The molecule has 10 atom stereocenters. The molecule has 0 saturated carbocycles. The highest BCUT2D eigenvalue weighted by atomic mass is 32.2. The molecule has 0 aromatic heterocycles. The molecule has 0 aliphatic carbocycles. The maximum atomic E-state index is 13.5. The Morgan fingerprint density at radius 1 is 0.579 bits per heavy atom. The summed E-state index contributed by atoms with van der Waals surface area (Å²) in [6.07, 6.45) is -9.34. The van der Waals surface area contributed by atoms with Gasteiger partial charge in [-0.1, -0.05) is 72.4 Å². The predicted molar refractivity (Wildman–Crippen MR) is 203 cm³/mol. The van der Waals surface area contributed by atoms with Gasteiger partial charge >= 0.3 is 0 Å². The van der Waals surface area contributed by atoms with Crippen LogP contribution in [0, 0.1) is 0 Å².